The Morgan fingerprint density at radius 1 is 1.13 bits per heavy atom. The van der Waals surface area contributed by atoms with Crippen molar-refractivity contribution in [2.24, 2.45) is 0 Å². The third-order valence-corrected chi connectivity index (χ3v) is 2.11. The zero-order valence-electron chi connectivity index (χ0n) is 7.72. The van der Waals surface area contributed by atoms with Crippen LogP contribution in [-0.2, 0) is 0 Å². The second-order valence-electron chi connectivity index (χ2n) is 2.74. The third-order valence-electron chi connectivity index (χ3n) is 1.64. The highest BCUT2D eigenvalue weighted by Gasteiger charge is 1.95. The molecule has 2 aromatic rings. The Kier molecular flexibility index (Phi) is 3.14. The molecule has 0 aliphatic carbocycles. The van der Waals surface area contributed by atoms with E-state index in [4.69, 9.17) is 4.84 Å². The lowest BCUT2D eigenvalue weighted by Crippen LogP contribution is -2.05. The van der Waals surface area contributed by atoms with Crippen molar-refractivity contribution in [2.75, 3.05) is 5.48 Å². The van der Waals surface area contributed by atoms with Crippen LogP contribution in [0.3, 0.4) is 0 Å². The molecule has 15 heavy (non-hydrogen) atoms. The van der Waals surface area contributed by atoms with Crippen molar-refractivity contribution in [3.05, 3.63) is 47.3 Å². The summed E-state index contributed by atoms with van der Waals surface area (Å²) < 4.78 is 0.771. The van der Waals surface area contributed by atoms with E-state index in [1.54, 1.807) is 24.5 Å². The van der Waals surface area contributed by atoms with Gasteiger partial charge in [0.05, 0.1) is 6.20 Å². The summed E-state index contributed by atoms with van der Waals surface area (Å²) in [6.07, 6.45) is 3.30. The predicted octanol–water partition coefficient (Wildman–Crippen LogP) is 2.65. The number of aromatic nitrogens is 2. The van der Waals surface area contributed by atoms with Gasteiger partial charge in [-0.2, -0.15) is 0 Å². The van der Waals surface area contributed by atoms with E-state index in [1.807, 2.05) is 18.2 Å². The van der Waals surface area contributed by atoms with Crippen molar-refractivity contribution in [1.82, 2.24) is 9.97 Å². The first-order valence-corrected chi connectivity index (χ1v) is 5.09. The van der Waals surface area contributed by atoms with E-state index in [-0.39, 0.29) is 0 Å². The van der Waals surface area contributed by atoms with Gasteiger partial charge in [0.25, 0.3) is 0 Å². The van der Waals surface area contributed by atoms with E-state index in [0.29, 0.717) is 11.6 Å². The van der Waals surface area contributed by atoms with E-state index in [0.717, 1.165) is 4.60 Å². The molecule has 0 bridgehead atoms. The standard InChI is InChI=1S/C10H8BrN3O/c11-9-5-4-8(7-13-9)15-14-10-3-1-2-6-12-10/h1-7H,(H,12,14). The molecule has 2 heterocycles. The summed E-state index contributed by atoms with van der Waals surface area (Å²) >= 11 is 3.24. The van der Waals surface area contributed by atoms with Crippen LogP contribution in [-0.4, -0.2) is 9.97 Å². The molecule has 0 unspecified atom stereocenters. The van der Waals surface area contributed by atoms with Gasteiger partial charge in [-0.15, -0.1) is 0 Å². The highest BCUT2D eigenvalue weighted by molar-refractivity contribution is 9.10. The molecule has 0 fully saturated rings. The van der Waals surface area contributed by atoms with E-state index in [2.05, 4.69) is 31.4 Å². The van der Waals surface area contributed by atoms with Crippen LogP contribution in [0.1, 0.15) is 0 Å². The molecule has 76 valence electrons. The lowest BCUT2D eigenvalue weighted by molar-refractivity contribution is 0.400. The maximum absolute atomic E-state index is 5.25. The SMILES string of the molecule is Brc1ccc(ONc2ccccn2)cn1. The topological polar surface area (TPSA) is 47.0 Å². The fourth-order valence-corrected chi connectivity index (χ4v) is 1.19. The molecule has 0 saturated heterocycles. The fourth-order valence-electron chi connectivity index (χ4n) is 0.957. The van der Waals surface area contributed by atoms with E-state index in [1.165, 1.54) is 0 Å². The van der Waals surface area contributed by atoms with Gasteiger partial charge < -0.3 is 4.84 Å². The highest BCUT2D eigenvalue weighted by atomic mass is 79.9. The molecule has 2 rings (SSSR count). The van der Waals surface area contributed by atoms with Crippen molar-refractivity contribution in [1.29, 1.82) is 0 Å². The number of nitrogens with zero attached hydrogens (tertiary/aromatic N) is 2. The Balaban J connectivity index is 1.96. The Bertz CT molecular complexity index is 418. The van der Waals surface area contributed by atoms with Crippen LogP contribution in [0.15, 0.2) is 47.3 Å². The molecule has 2 aromatic heterocycles. The van der Waals surface area contributed by atoms with E-state index < -0.39 is 0 Å². The number of anilines is 1. The normalized spacial score (nSPS) is 9.67. The summed E-state index contributed by atoms with van der Waals surface area (Å²) in [5, 5.41) is 0. The maximum Gasteiger partial charge on any atom is 0.173 e. The molecule has 0 spiro atoms. The van der Waals surface area contributed by atoms with Gasteiger partial charge in [0.1, 0.15) is 4.60 Å². The molecule has 0 aromatic carbocycles. The average Bonchev–Trinajstić information content (AvgIpc) is 2.30. The molecule has 0 atom stereocenters. The van der Waals surface area contributed by atoms with Crippen LogP contribution in [0.25, 0.3) is 0 Å². The van der Waals surface area contributed by atoms with E-state index in [9.17, 15) is 0 Å². The van der Waals surface area contributed by atoms with Gasteiger partial charge in [0.15, 0.2) is 11.6 Å². The zero-order valence-corrected chi connectivity index (χ0v) is 9.31. The minimum Gasteiger partial charge on any atom is -0.379 e. The summed E-state index contributed by atoms with van der Waals surface area (Å²) in [5.41, 5.74) is 2.71. The summed E-state index contributed by atoms with van der Waals surface area (Å²) in [7, 11) is 0. The lowest BCUT2D eigenvalue weighted by atomic mass is 10.5. The summed E-state index contributed by atoms with van der Waals surface area (Å²) in [5.74, 6) is 1.28. The number of pyridine rings is 2. The van der Waals surface area contributed by atoms with Gasteiger partial charge in [0.2, 0.25) is 0 Å². The molecule has 0 amide bonds. The van der Waals surface area contributed by atoms with Crippen molar-refractivity contribution in [3.63, 3.8) is 0 Å². The summed E-state index contributed by atoms with van der Waals surface area (Å²) in [4.78, 5) is 13.3. The summed E-state index contributed by atoms with van der Waals surface area (Å²) in [6.45, 7) is 0. The lowest BCUT2D eigenvalue weighted by Gasteiger charge is -2.06. The predicted molar refractivity (Wildman–Crippen MR) is 60.4 cm³/mol. The third kappa shape index (κ3) is 2.92. The Hall–Kier alpha value is -1.62. The van der Waals surface area contributed by atoms with Crippen molar-refractivity contribution in [3.8, 4) is 5.75 Å². The molecular formula is C10H8BrN3O. The van der Waals surface area contributed by atoms with E-state index >= 15 is 0 Å². The Labute approximate surface area is 95.4 Å². The number of nitrogens with one attached hydrogen (secondary N) is 1. The number of halogens is 1. The zero-order chi connectivity index (χ0) is 10.5. The van der Waals surface area contributed by atoms with Gasteiger partial charge >= 0.3 is 0 Å². The van der Waals surface area contributed by atoms with Crippen LogP contribution in [0, 0.1) is 0 Å². The molecule has 0 aliphatic rings. The van der Waals surface area contributed by atoms with Crippen molar-refractivity contribution >= 4 is 21.7 Å². The van der Waals surface area contributed by atoms with Crippen molar-refractivity contribution in [2.45, 2.75) is 0 Å². The van der Waals surface area contributed by atoms with Crippen molar-refractivity contribution < 1.29 is 4.84 Å². The average molecular weight is 266 g/mol. The summed E-state index contributed by atoms with van der Waals surface area (Å²) in [6, 6.07) is 9.12. The first kappa shape index (κ1) is 9.92. The quantitative estimate of drug-likeness (QED) is 0.685. The van der Waals surface area contributed by atoms with Crippen LogP contribution in [0.2, 0.25) is 0 Å². The number of hydrogen-bond acceptors (Lipinski definition) is 4. The largest absolute Gasteiger partial charge is 0.379 e. The van der Waals surface area contributed by atoms with Gasteiger partial charge in [-0.1, -0.05) is 6.07 Å². The highest BCUT2D eigenvalue weighted by Crippen LogP contribution is 2.13. The fraction of sp³-hybridized carbons (Fsp3) is 0. The number of rotatable bonds is 3. The molecule has 0 radical (unpaired) electrons. The molecular weight excluding hydrogens is 258 g/mol. The first-order chi connectivity index (χ1) is 7.34. The second-order valence-corrected chi connectivity index (χ2v) is 3.55. The minimum absolute atomic E-state index is 0.629. The molecule has 0 aliphatic heterocycles. The maximum atomic E-state index is 5.25. The Morgan fingerprint density at radius 3 is 2.73 bits per heavy atom. The molecule has 1 N–H and O–H groups in total. The molecule has 4 nitrogen and oxygen atoms in total. The second kappa shape index (κ2) is 4.75. The van der Waals surface area contributed by atoms with Crippen LogP contribution in [0.4, 0.5) is 5.82 Å². The molecule has 5 heteroatoms. The van der Waals surface area contributed by atoms with Gasteiger partial charge in [-0.3, -0.25) is 0 Å². The van der Waals surface area contributed by atoms with Crippen LogP contribution >= 0.6 is 15.9 Å². The smallest absolute Gasteiger partial charge is 0.173 e. The minimum atomic E-state index is 0.629. The van der Waals surface area contributed by atoms with Crippen LogP contribution in [0.5, 0.6) is 5.75 Å². The number of hydrogen-bond donors (Lipinski definition) is 1. The monoisotopic (exact) mass is 265 g/mol. The first-order valence-electron chi connectivity index (χ1n) is 4.30. The van der Waals surface area contributed by atoms with Crippen LogP contribution < -0.4 is 10.3 Å². The Morgan fingerprint density at radius 2 is 2.07 bits per heavy atom. The van der Waals surface area contributed by atoms with Gasteiger partial charge in [0, 0.05) is 6.20 Å². The molecule has 0 saturated carbocycles. The van der Waals surface area contributed by atoms with Gasteiger partial charge in [-0.05, 0) is 40.2 Å². The van der Waals surface area contributed by atoms with Gasteiger partial charge in [-0.25, -0.2) is 15.4 Å².